The first kappa shape index (κ1) is 17.3. The van der Waals surface area contributed by atoms with Gasteiger partial charge in [0.1, 0.15) is 5.01 Å². The number of hydrogen-bond acceptors (Lipinski definition) is 4. The molecule has 2 aromatic carbocycles. The highest BCUT2D eigenvalue weighted by molar-refractivity contribution is 7.10. The van der Waals surface area contributed by atoms with Gasteiger partial charge in [-0.3, -0.25) is 4.90 Å². The smallest absolute Gasteiger partial charge is 0.110 e. The Labute approximate surface area is 159 Å². The number of thiazole rings is 1. The molecule has 1 aliphatic heterocycles. The number of piperazine rings is 1. The van der Waals surface area contributed by atoms with Crippen molar-refractivity contribution in [2.45, 2.75) is 19.9 Å². The summed E-state index contributed by atoms with van der Waals surface area (Å²) in [5.41, 5.74) is 4.95. The Morgan fingerprint density at radius 1 is 0.923 bits per heavy atom. The van der Waals surface area contributed by atoms with E-state index in [0.717, 1.165) is 31.9 Å². The fourth-order valence-corrected chi connectivity index (χ4v) is 4.42. The van der Waals surface area contributed by atoms with Crippen LogP contribution in [0.15, 0.2) is 60.0 Å². The van der Waals surface area contributed by atoms with Crippen LogP contribution in [0.5, 0.6) is 0 Å². The second-order valence-electron chi connectivity index (χ2n) is 6.97. The zero-order chi connectivity index (χ0) is 17.9. The van der Waals surface area contributed by atoms with Gasteiger partial charge >= 0.3 is 0 Å². The number of rotatable bonds is 4. The van der Waals surface area contributed by atoms with E-state index in [4.69, 9.17) is 4.98 Å². The fraction of sp³-hybridized carbons (Fsp3) is 0.318. The predicted molar refractivity (Wildman–Crippen MR) is 111 cm³/mol. The summed E-state index contributed by atoms with van der Waals surface area (Å²) >= 11 is 1.78. The van der Waals surface area contributed by atoms with Gasteiger partial charge in [-0.05, 0) is 26.0 Å². The topological polar surface area (TPSA) is 19.4 Å². The summed E-state index contributed by atoms with van der Waals surface area (Å²) in [6.45, 7) is 8.73. The Balaban J connectivity index is 1.40. The highest BCUT2D eigenvalue weighted by Crippen LogP contribution is 2.29. The number of hydrogen-bond donors (Lipinski definition) is 0. The van der Waals surface area contributed by atoms with E-state index in [1.165, 1.54) is 21.8 Å². The second kappa shape index (κ2) is 7.60. The van der Waals surface area contributed by atoms with Crippen LogP contribution in [-0.2, 0) is 0 Å². The minimum atomic E-state index is 0.373. The molecule has 0 N–H and O–H groups in total. The summed E-state index contributed by atoms with van der Waals surface area (Å²) in [6.07, 6.45) is 0. The van der Waals surface area contributed by atoms with Crippen molar-refractivity contribution >= 4 is 17.0 Å². The lowest BCUT2D eigenvalue weighted by atomic mass is 10.1. The monoisotopic (exact) mass is 363 g/mol. The molecule has 4 heteroatoms. The SMILES string of the molecule is Cc1ccc(N2CCN(C(C)c3nc(-c4ccccc4)cs3)CC2)cc1. The maximum atomic E-state index is 4.91. The van der Waals surface area contributed by atoms with Gasteiger partial charge in [-0.25, -0.2) is 4.98 Å². The molecule has 3 nitrogen and oxygen atoms in total. The lowest BCUT2D eigenvalue weighted by Crippen LogP contribution is -2.47. The number of nitrogens with zero attached hydrogens (tertiary/aromatic N) is 3. The van der Waals surface area contributed by atoms with Gasteiger partial charge in [0, 0.05) is 42.8 Å². The Bertz CT molecular complexity index is 833. The molecule has 0 aliphatic carbocycles. The molecule has 1 fully saturated rings. The first-order valence-corrected chi connectivity index (χ1v) is 10.2. The van der Waals surface area contributed by atoms with E-state index >= 15 is 0 Å². The molecule has 0 bridgehead atoms. The van der Waals surface area contributed by atoms with Crippen LogP contribution in [0, 0.1) is 6.92 Å². The van der Waals surface area contributed by atoms with Gasteiger partial charge in [-0.2, -0.15) is 0 Å². The third kappa shape index (κ3) is 3.67. The Morgan fingerprint density at radius 3 is 2.31 bits per heavy atom. The van der Waals surface area contributed by atoms with E-state index in [1.54, 1.807) is 11.3 Å². The molecule has 134 valence electrons. The average Bonchev–Trinajstić information content (AvgIpc) is 3.19. The molecular formula is C22H25N3S. The summed E-state index contributed by atoms with van der Waals surface area (Å²) < 4.78 is 0. The lowest BCUT2D eigenvalue weighted by Gasteiger charge is -2.38. The van der Waals surface area contributed by atoms with Crippen molar-refractivity contribution in [3.05, 3.63) is 70.5 Å². The lowest BCUT2D eigenvalue weighted by molar-refractivity contribution is 0.198. The van der Waals surface area contributed by atoms with Crippen LogP contribution in [0.3, 0.4) is 0 Å². The quantitative estimate of drug-likeness (QED) is 0.650. The summed E-state index contributed by atoms with van der Waals surface area (Å²) in [7, 11) is 0. The van der Waals surface area contributed by atoms with E-state index in [-0.39, 0.29) is 0 Å². The molecule has 0 radical (unpaired) electrons. The maximum Gasteiger partial charge on any atom is 0.110 e. The highest BCUT2D eigenvalue weighted by Gasteiger charge is 2.24. The van der Waals surface area contributed by atoms with Crippen molar-refractivity contribution in [2.24, 2.45) is 0 Å². The summed E-state index contributed by atoms with van der Waals surface area (Å²) in [6, 6.07) is 19.7. The zero-order valence-corrected chi connectivity index (χ0v) is 16.2. The van der Waals surface area contributed by atoms with Crippen LogP contribution in [0.2, 0.25) is 0 Å². The normalized spacial score (nSPS) is 16.6. The largest absolute Gasteiger partial charge is 0.369 e. The van der Waals surface area contributed by atoms with E-state index in [1.807, 2.05) is 6.07 Å². The zero-order valence-electron chi connectivity index (χ0n) is 15.4. The molecule has 26 heavy (non-hydrogen) atoms. The van der Waals surface area contributed by atoms with Gasteiger partial charge in [0.2, 0.25) is 0 Å². The first-order chi connectivity index (χ1) is 12.7. The van der Waals surface area contributed by atoms with Gasteiger partial charge in [0.15, 0.2) is 0 Å². The number of aromatic nitrogens is 1. The van der Waals surface area contributed by atoms with Crippen molar-refractivity contribution in [1.82, 2.24) is 9.88 Å². The van der Waals surface area contributed by atoms with Crippen molar-refractivity contribution in [3.8, 4) is 11.3 Å². The number of anilines is 1. The molecular weight excluding hydrogens is 338 g/mol. The molecule has 1 atom stereocenters. The highest BCUT2D eigenvalue weighted by atomic mass is 32.1. The van der Waals surface area contributed by atoms with Gasteiger partial charge in [-0.1, -0.05) is 48.0 Å². The fourth-order valence-electron chi connectivity index (χ4n) is 3.50. The Kier molecular flexibility index (Phi) is 5.05. The predicted octanol–water partition coefficient (Wildman–Crippen LogP) is 5.00. The van der Waals surface area contributed by atoms with Crippen LogP contribution in [-0.4, -0.2) is 36.1 Å². The molecule has 3 aromatic rings. The van der Waals surface area contributed by atoms with Crippen LogP contribution >= 0.6 is 11.3 Å². The van der Waals surface area contributed by atoms with Crippen molar-refractivity contribution in [3.63, 3.8) is 0 Å². The molecule has 4 rings (SSSR count). The summed E-state index contributed by atoms with van der Waals surface area (Å²) in [5, 5.41) is 3.40. The van der Waals surface area contributed by atoms with Gasteiger partial charge in [0.25, 0.3) is 0 Å². The molecule has 0 saturated carbocycles. The van der Waals surface area contributed by atoms with E-state index < -0.39 is 0 Å². The van der Waals surface area contributed by atoms with Crippen molar-refractivity contribution in [1.29, 1.82) is 0 Å². The number of aryl methyl sites for hydroxylation is 1. The van der Waals surface area contributed by atoms with Gasteiger partial charge in [0.05, 0.1) is 11.7 Å². The van der Waals surface area contributed by atoms with E-state index in [2.05, 4.69) is 77.6 Å². The van der Waals surface area contributed by atoms with E-state index in [9.17, 15) is 0 Å². The van der Waals surface area contributed by atoms with Gasteiger partial charge < -0.3 is 4.90 Å². The molecule has 0 amide bonds. The summed E-state index contributed by atoms with van der Waals surface area (Å²) in [5.74, 6) is 0. The molecule has 1 aliphatic rings. The molecule has 2 heterocycles. The Hall–Kier alpha value is -2.17. The van der Waals surface area contributed by atoms with Crippen molar-refractivity contribution in [2.75, 3.05) is 31.1 Å². The average molecular weight is 364 g/mol. The second-order valence-corrected chi connectivity index (χ2v) is 7.86. The van der Waals surface area contributed by atoms with Crippen LogP contribution in [0.25, 0.3) is 11.3 Å². The van der Waals surface area contributed by atoms with Crippen LogP contribution < -0.4 is 4.90 Å². The molecule has 1 unspecified atom stereocenters. The van der Waals surface area contributed by atoms with E-state index in [0.29, 0.717) is 6.04 Å². The first-order valence-electron chi connectivity index (χ1n) is 9.27. The summed E-state index contributed by atoms with van der Waals surface area (Å²) in [4.78, 5) is 9.95. The van der Waals surface area contributed by atoms with Crippen molar-refractivity contribution < 1.29 is 0 Å². The Morgan fingerprint density at radius 2 is 1.62 bits per heavy atom. The number of benzene rings is 2. The van der Waals surface area contributed by atoms with Gasteiger partial charge in [-0.15, -0.1) is 11.3 Å². The molecule has 0 spiro atoms. The third-order valence-electron chi connectivity index (χ3n) is 5.21. The molecule has 1 aromatic heterocycles. The molecule has 1 saturated heterocycles. The minimum Gasteiger partial charge on any atom is -0.369 e. The minimum absolute atomic E-state index is 0.373. The third-order valence-corrected chi connectivity index (χ3v) is 6.22. The standard InChI is InChI=1S/C22H25N3S/c1-17-8-10-20(11-9-17)25-14-12-24(13-15-25)18(2)22-23-21(16-26-22)19-6-4-3-5-7-19/h3-11,16,18H,12-15H2,1-2H3. The van der Waals surface area contributed by atoms with Crippen LogP contribution in [0.1, 0.15) is 23.5 Å². The van der Waals surface area contributed by atoms with Crippen LogP contribution in [0.4, 0.5) is 5.69 Å². The maximum absolute atomic E-state index is 4.91.